The van der Waals surface area contributed by atoms with E-state index in [9.17, 15) is 9.90 Å². The molecule has 0 aromatic heterocycles. The molecule has 0 radical (unpaired) electrons. The van der Waals surface area contributed by atoms with Crippen LogP contribution in [0.2, 0.25) is 0 Å². The molecule has 0 aromatic carbocycles. The highest BCUT2D eigenvalue weighted by Crippen LogP contribution is 2.22. The van der Waals surface area contributed by atoms with Crippen molar-refractivity contribution in [3.63, 3.8) is 0 Å². The van der Waals surface area contributed by atoms with E-state index >= 15 is 0 Å². The summed E-state index contributed by atoms with van der Waals surface area (Å²) < 4.78 is 0. The van der Waals surface area contributed by atoms with Gasteiger partial charge in [-0.3, -0.25) is 9.69 Å². The van der Waals surface area contributed by atoms with E-state index in [1.807, 2.05) is 6.92 Å². The molecule has 1 amide bonds. The van der Waals surface area contributed by atoms with E-state index in [4.69, 9.17) is 0 Å². The van der Waals surface area contributed by atoms with Crippen LogP contribution in [0.1, 0.15) is 52.4 Å². The molecule has 0 bridgehead atoms. The molecule has 0 aromatic rings. The molecule has 1 N–H and O–H groups in total. The summed E-state index contributed by atoms with van der Waals surface area (Å²) in [4.78, 5) is 16.9. The van der Waals surface area contributed by atoms with Gasteiger partial charge in [0.15, 0.2) is 0 Å². The van der Waals surface area contributed by atoms with E-state index in [1.54, 1.807) is 0 Å². The minimum atomic E-state index is -0.257. The van der Waals surface area contributed by atoms with Crippen molar-refractivity contribution in [2.75, 3.05) is 19.6 Å². The highest BCUT2D eigenvalue weighted by atomic mass is 16.3. The van der Waals surface area contributed by atoms with Crippen molar-refractivity contribution in [2.45, 2.75) is 70.6 Å². The van der Waals surface area contributed by atoms with Gasteiger partial charge >= 0.3 is 0 Å². The van der Waals surface area contributed by atoms with Gasteiger partial charge in [-0.15, -0.1) is 0 Å². The summed E-state index contributed by atoms with van der Waals surface area (Å²) in [5.74, 6) is 0.264. The van der Waals surface area contributed by atoms with Crippen LogP contribution in [0.5, 0.6) is 0 Å². The van der Waals surface area contributed by atoms with Gasteiger partial charge in [-0.25, -0.2) is 0 Å². The van der Waals surface area contributed by atoms with Gasteiger partial charge in [0.2, 0.25) is 5.91 Å². The van der Waals surface area contributed by atoms with Crippen molar-refractivity contribution >= 4 is 5.91 Å². The van der Waals surface area contributed by atoms with Gasteiger partial charge in [0.25, 0.3) is 0 Å². The standard InChI is InChI=1S/C15H28N2O2/c1-3-13-7-4-5-10-17(13)15(19)12(2)16-9-6-8-14(18)11-16/h12-14,18H,3-11H2,1-2H3. The predicted octanol–water partition coefficient (Wildman–Crippen LogP) is 1.62. The maximum absolute atomic E-state index is 12.7. The molecule has 2 aliphatic heterocycles. The molecule has 2 aliphatic rings. The molecule has 0 spiro atoms. The Balaban J connectivity index is 1.97. The maximum atomic E-state index is 12.7. The lowest BCUT2D eigenvalue weighted by atomic mass is 9.98. The molecule has 4 nitrogen and oxygen atoms in total. The van der Waals surface area contributed by atoms with E-state index in [0.717, 1.165) is 45.2 Å². The van der Waals surface area contributed by atoms with Crippen molar-refractivity contribution in [1.29, 1.82) is 0 Å². The summed E-state index contributed by atoms with van der Waals surface area (Å²) in [6.45, 7) is 6.68. The molecular weight excluding hydrogens is 240 g/mol. The van der Waals surface area contributed by atoms with Crippen molar-refractivity contribution in [3.8, 4) is 0 Å². The SMILES string of the molecule is CCC1CCCCN1C(=O)C(C)N1CCCC(O)C1. The summed E-state index contributed by atoms with van der Waals surface area (Å²) in [6, 6.07) is 0.348. The Morgan fingerprint density at radius 3 is 2.74 bits per heavy atom. The first-order valence-electron chi connectivity index (χ1n) is 7.86. The summed E-state index contributed by atoms with van der Waals surface area (Å²) in [5, 5.41) is 9.75. The maximum Gasteiger partial charge on any atom is 0.239 e. The third-order valence-corrected chi connectivity index (χ3v) is 4.71. The number of carbonyl (C=O) groups is 1. The smallest absolute Gasteiger partial charge is 0.239 e. The molecule has 2 fully saturated rings. The van der Waals surface area contributed by atoms with Crippen molar-refractivity contribution in [2.24, 2.45) is 0 Å². The average Bonchev–Trinajstić information content (AvgIpc) is 2.45. The van der Waals surface area contributed by atoms with Crippen LogP contribution in [-0.2, 0) is 4.79 Å². The second kappa shape index (κ2) is 6.71. The largest absolute Gasteiger partial charge is 0.392 e. The number of likely N-dealkylation sites (tertiary alicyclic amines) is 2. The van der Waals surface area contributed by atoms with E-state index in [-0.39, 0.29) is 18.1 Å². The fraction of sp³-hybridized carbons (Fsp3) is 0.933. The highest BCUT2D eigenvalue weighted by molar-refractivity contribution is 5.82. The van der Waals surface area contributed by atoms with E-state index in [0.29, 0.717) is 12.6 Å². The first-order chi connectivity index (χ1) is 9.13. The molecule has 4 heteroatoms. The number of rotatable bonds is 3. The average molecular weight is 268 g/mol. The Labute approximate surface area is 116 Å². The Morgan fingerprint density at radius 2 is 2.05 bits per heavy atom. The number of hydrogen-bond acceptors (Lipinski definition) is 3. The molecule has 2 saturated heterocycles. The van der Waals surface area contributed by atoms with Gasteiger partial charge < -0.3 is 10.0 Å². The van der Waals surface area contributed by atoms with Gasteiger partial charge in [-0.2, -0.15) is 0 Å². The first kappa shape index (κ1) is 14.8. The van der Waals surface area contributed by atoms with E-state index < -0.39 is 0 Å². The van der Waals surface area contributed by atoms with E-state index in [1.165, 1.54) is 6.42 Å². The number of carbonyl (C=O) groups excluding carboxylic acids is 1. The van der Waals surface area contributed by atoms with Crippen LogP contribution < -0.4 is 0 Å². The van der Waals surface area contributed by atoms with Crippen LogP contribution in [0.15, 0.2) is 0 Å². The molecular formula is C15H28N2O2. The molecule has 110 valence electrons. The highest BCUT2D eigenvalue weighted by Gasteiger charge is 2.33. The normalized spacial score (nSPS) is 31.2. The number of aliphatic hydroxyl groups is 1. The topological polar surface area (TPSA) is 43.8 Å². The van der Waals surface area contributed by atoms with Crippen LogP contribution in [0, 0.1) is 0 Å². The van der Waals surface area contributed by atoms with Crippen LogP contribution >= 0.6 is 0 Å². The molecule has 0 aliphatic carbocycles. The lowest BCUT2D eigenvalue weighted by molar-refractivity contribution is -0.141. The summed E-state index contributed by atoms with van der Waals surface area (Å²) in [7, 11) is 0. The number of aliphatic hydroxyl groups excluding tert-OH is 1. The fourth-order valence-corrected chi connectivity index (χ4v) is 3.45. The van der Waals surface area contributed by atoms with E-state index in [2.05, 4.69) is 16.7 Å². The summed E-state index contributed by atoms with van der Waals surface area (Å²) >= 11 is 0. The number of β-amino-alcohol motifs (C(OH)–C–C–N with tert-alkyl or cyclic N) is 1. The van der Waals surface area contributed by atoms with Gasteiger partial charge in [0.1, 0.15) is 0 Å². The molecule has 2 rings (SSSR count). The monoisotopic (exact) mass is 268 g/mol. The summed E-state index contributed by atoms with van der Waals surface area (Å²) in [5.41, 5.74) is 0. The lowest BCUT2D eigenvalue weighted by Gasteiger charge is -2.41. The van der Waals surface area contributed by atoms with Gasteiger partial charge in [0, 0.05) is 19.1 Å². The molecule has 19 heavy (non-hydrogen) atoms. The number of amides is 1. The minimum Gasteiger partial charge on any atom is -0.392 e. The van der Waals surface area contributed by atoms with Crippen molar-refractivity contribution in [3.05, 3.63) is 0 Å². The third-order valence-electron chi connectivity index (χ3n) is 4.71. The summed E-state index contributed by atoms with van der Waals surface area (Å²) in [6.07, 6.45) is 6.21. The zero-order chi connectivity index (χ0) is 13.8. The zero-order valence-electron chi connectivity index (χ0n) is 12.3. The van der Waals surface area contributed by atoms with Gasteiger partial charge in [-0.1, -0.05) is 6.92 Å². The van der Waals surface area contributed by atoms with Crippen LogP contribution in [0.4, 0.5) is 0 Å². The number of nitrogens with zero attached hydrogens (tertiary/aromatic N) is 2. The van der Waals surface area contributed by atoms with Gasteiger partial charge in [-0.05, 0) is 52.0 Å². The fourth-order valence-electron chi connectivity index (χ4n) is 3.45. The molecule has 2 heterocycles. The number of piperidine rings is 2. The molecule has 3 atom stereocenters. The van der Waals surface area contributed by atoms with Gasteiger partial charge in [0.05, 0.1) is 12.1 Å². The predicted molar refractivity (Wildman–Crippen MR) is 75.9 cm³/mol. The van der Waals surface area contributed by atoms with Crippen molar-refractivity contribution in [1.82, 2.24) is 9.80 Å². The van der Waals surface area contributed by atoms with Crippen molar-refractivity contribution < 1.29 is 9.90 Å². The second-order valence-electron chi connectivity index (χ2n) is 6.06. The Kier molecular flexibility index (Phi) is 5.22. The quantitative estimate of drug-likeness (QED) is 0.846. The minimum absolute atomic E-state index is 0.0814. The second-order valence-corrected chi connectivity index (χ2v) is 6.06. The van der Waals surface area contributed by atoms with Crippen LogP contribution in [0.25, 0.3) is 0 Å². The Hall–Kier alpha value is -0.610. The molecule has 0 saturated carbocycles. The molecule has 3 unspecified atom stereocenters. The lowest BCUT2D eigenvalue weighted by Crippen LogP contribution is -2.54. The number of hydrogen-bond donors (Lipinski definition) is 1. The first-order valence-corrected chi connectivity index (χ1v) is 7.86. The zero-order valence-corrected chi connectivity index (χ0v) is 12.3. The Morgan fingerprint density at radius 1 is 1.26 bits per heavy atom. The van der Waals surface area contributed by atoms with Crippen LogP contribution in [-0.4, -0.2) is 58.6 Å². The third kappa shape index (κ3) is 3.48. The Bertz CT molecular complexity index is 309. The van der Waals surface area contributed by atoms with Crippen LogP contribution in [0.3, 0.4) is 0 Å².